The number of aryl methyl sites for hydroxylation is 1. The van der Waals surface area contributed by atoms with Crippen LogP contribution in [-0.2, 0) is 19.6 Å². The van der Waals surface area contributed by atoms with Gasteiger partial charge < -0.3 is 10.5 Å². The van der Waals surface area contributed by atoms with Gasteiger partial charge in [0.2, 0.25) is 10.0 Å². The highest BCUT2D eigenvalue weighted by Crippen LogP contribution is 2.19. The predicted molar refractivity (Wildman–Crippen MR) is 86.4 cm³/mol. The standard InChI is InChI=1S/C15H23N3O4S/c1-12-3-5-13(6-4-12)23(20,21)18-9-7-17(8-10-18)14(11-16)15(19)22-2/h3-6,14H,7-11,16H2,1-2H3. The molecule has 7 nitrogen and oxygen atoms in total. The highest BCUT2D eigenvalue weighted by molar-refractivity contribution is 7.89. The van der Waals surface area contributed by atoms with Crippen LogP contribution in [0.15, 0.2) is 29.2 Å². The average molecular weight is 341 g/mol. The van der Waals surface area contributed by atoms with E-state index in [1.165, 1.54) is 11.4 Å². The fraction of sp³-hybridized carbons (Fsp3) is 0.533. The topological polar surface area (TPSA) is 92.9 Å². The molecule has 1 aliphatic rings. The molecular formula is C15H23N3O4S. The van der Waals surface area contributed by atoms with Gasteiger partial charge in [-0.3, -0.25) is 9.69 Å². The number of carbonyl (C=O) groups is 1. The molecule has 1 aromatic rings. The first kappa shape index (κ1) is 17.9. The van der Waals surface area contributed by atoms with Gasteiger partial charge in [-0.2, -0.15) is 4.31 Å². The molecule has 2 N–H and O–H groups in total. The molecule has 0 saturated carbocycles. The highest BCUT2D eigenvalue weighted by atomic mass is 32.2. The summed E-state index contributed by atoms with van der Waals surface area (Å²) >= 11 is 0. The molecule has 0 spiro atoms. The van der Waals surface area contributed by atoms with Gasteiger partial charge in [0, 0.05) is 32.7 Å². The SMILES string of the molecule is COC(=O)C(CN)N1CCN(S(=O)(=O)c2ccc(C)cc2)CC1. The number of esters is 1. The van der Waals surface area contributed by atoms with Gasteiger partial charge in [0.05, 0.1) is 12.0 Å². The van der Waals surface area contributed by atoms with Crippen molar-refractivity contribution >= 4 is 16.0 Å². The van der Waals surface area contributed by atoms with E-state index in [2.05, 4.69) is 0 Å². The van der Waals surface area contributed by atoms with E-state index in [-0.39, 0.29) is 12.5 Å². The Morgan fingerprint density at radius 2 is 1.78 bits per heavy atom. The van der Waals surface area contributed by atoms with Gasteiger partial charge in [0.1, 0.15) is 6.04 Å². The van der Waals surface area contributed by atoms with Crippen LogP contribution >= 0.6 is 0 Å². The van der Waals surface area contributed by atoms with Gasteiger partial charge in [-0.05, 0) is 19.1 Å². The number of nitrogens with zero attached hydrogens (tertiary/aromatic N) is 2. The first-order chi connectivity index (χ1) is 10.9. The number of hydrogen-bond donors (Lipinski definition) is 1. The highest BCUT2D eigenvalue weighted by Gasteiger charge is 2.33. The van der Waals surface area contributed by atoms with E-state index < -0.39 is 16.1 Å². The number of methoxy groups -OCH3 is 1. The number of piperazine rings is 1. The van der Waals surface area contributed by atoms with E-state index in [1.807, 2.05) is 11.8 Å². The molecule has 1 fully saturated rings. The predicted octanol–water partition coefficient (Wildman–Crippen LogP) is -0.198. The molecule has 0 radical (unpaired) electrons. The molecule has 1 aliphatic heterocycles. The van der Waals surface area contributed by atoms with Crippen LogP contribution in [0.25, 0.3) is 0 Å². The van der Waals surface area contributed by atoms with E-state index in [9.17, 15) is 13.2 Å². The Hall–Kier alpha value is -1.48. The van der Waals surface area contributed by atoms with Crippen molar-refractivity contribution in [3.8, 4) is 0 Å². The molecule has 1 aromatic carbocycles. The van der Waals surface area contributed by atoms with E-state index in [0.29, 0.717) is 31.1 Å². The minimum atomic E-state index is -3.50. The Morgan fingerprint density at radius 3 is 2.26 bits per heavy atom. The van der Waals surface area contributed by atoms with E-state index >= 15 is 0 Å². The molecule has 0 bridgehead atoms. The second-order valence-corrected chi connectivity index (χ2v) is 7.47. The summed E-state index contributed by atoms with van der Waals surface area (Å²) in [5.74, 6) is -0.387. The number of rotatable bonds is 5. The van der Waals surface area contributed by atoms with Crippen LogP contribution in [0.3, 0.4) is 0 Å². The van der Waals surface area contributed by atoms with Crippen molar-refractivity contribution in [1.82, 2.24) is 9.21 Å². The maximum Gasteiger partial charge on any atom is 0.324 e. The zero-order valence-corrected chi connectivity index (χ0v) is 14.3. The lowest BCUT2D eigenvalue weighted by Crippen LogP contribution is -2.56. The number of carbonyl (C=O) groups excluding carboxylic acids is 1. The fourth-order valence-electron chi connectivity index (χ4n) is 2.65. The maximum absolute atomic E-state index is 12.6. The van der Waals surface area contributed by atoms with E-state index in [0.717, 1.165) is 5.56 Å². The van der Waals surface area contributed by atoms with Crippen molar-refractivity contribution in [3.05, 3.63) is 29.8 Å². The molecule has 128 valence electrons. The molecule has 2 rings (SSSR count). The lowest BCUT2D eigenvalue weighted by Gasteiger charge is -2.37. The van der Waals surface area contributed by atoms with Crippen LogP contribution in [-0.4, -0.2) is 69.5 Å². The van der Waals surface area contributed by atoms with Crippen molar-refractivity contribution in [2.24, 2.45) is 5.73 Å². The van der Waals surface area contributed by atoms with Crippen molar-refractivity contribution in [2.75, 3.05) is 39.8 Å². The first-order valence-electron chi connectivity index (χ1n) is 7.49. The van der Waals surface area contributed by atoms with Crippen LogP contribution < -0.4 is 5.73 Å². The summed E-state index contributed by atoms with van der Waals surface area (Å²) in [7, 11) is -2.18. The summed E-state index contributed by atoms with van der Waals surface area (Å²) in [4.78, 5) is 13.9. The molecule has 8 heteroatoms. The first-order valence-corrected chi connectivity index (χ1v) is 8.93. The largest absolute Gasteiger partial charge is 0.468 e. The number of nitrogens with two attached hydrogens (primary N) is 1. The van der Waals surface area contributed by atoms with Gasteiger partial charge in [-0.15, -0.1) is 0 Å². The molecule has 1 atom stereocenters. The molecule has 1 unspecified atom stereocenters. The minimum Gasteiger partial charge on any atom is -0.468 e. The monoisotopic (exact) mass is 341 g/mol. The Balaban J connectivity index is 2.06. The molecule has 0 amide bonds. The molecule has 0 aliphatic carbocycles. The van der Waals surface area contributed by atoms with Crippen molar-refractivity contribution < 1.29 is 17.9 Å². The Morgan fingerprint density at radius 1 is 1.22 bits per heavy atom. The second-order valence-electron chi connectivity index (χ2n) is 5.53. The smallest absolute Gasteiger partial charge is 0.324 e. The summed E-state index contributed by atoms with van der Waals surface area (Å²) in [6.45, 7) is 3.60. The zero-order valence-electron chi connectivity index (χ0n) is 13.4. The lowest BCUT2D eigenvalue weighted by molar-refractivity contribution is -0.147. The average Bonchev–Trinajstić information content (AvgIpc) is 2.56. The maximum atomic E-state index is 12.6. The molecular weight excluding hydrogens is 318 g/mol. The van der Waals surface area contributed by atoms with Crippen LogP contribution in [0.2, 0.25) is 0 Å². The van der Waals surface area contributed by atoms with Crippen LogP contribution in [0.4, 0.5) is 0 Å². The lowest BCUT2D eigenvalue weighted by atomic mass is 10.2. The van der Waals surface area contributed by atoms with Crippen molar-refractivity contribution in [2.45, 2.75) is 17.9 Å². The van der Waals surface area contributed by atoms with Crippen molar-refractivity contribution in [3.63, 3.8) is 0 Å². The minimum absolute atomic E-state index is 0.150. The second kappa shape index (κ2) is 7.39. The summed E-state index contributed by atoms with van der Waals surface area (Å²) in [5.41, 5.74) is 6.64. The van der Waals surface area contributed by atoms with Crippen LogP contribution in [0, 0.1) is 6.92 Å². The van der Waals surface area contributed by atoms with Gasteiger partial charge in [0.25, 0.3) is 0 Å². The number of ether oxygens (including phenoxy) is 1. The fourth-order valence-corrected chi connectivity index (χ4v) is 4.07. The van der Waals surface area contributed by atoms with Gasteiger partial charge in [-0.1, -0.05) is 17.7 Å². The van der Waals surface area contributed by atoms with Crippen LogP contribution in [0.1, 0.15) is 5.56 Å². The number of benzene rings is 1. The van der Waals surface area contributed by atoms with E-state index in [4.69, 9.17) is 10.5 Å². The third-order valence-electron chi connectivity index (χ3n) is 4.07. The van der Waals surface area contributed by atoms with Gasteiger partial charge in [-0.25, -0.2) is 8.42 Å². The Bertz CT molecular complexity index is 637. The van der Waals surface area contributed by atoms with Crippen LogP contribution in [0.5, 0.6) is 0 Å². The summed E-state index contributed by atoms with van der Waals surface area (Å²) < 4.78 is 31.4. The Labute approximate surface area is 137 Å². The Kier molecular flexibility index (Phi) is 5.74. The summed E-state index contributed by atoms with van der Waals surface area (Å²) in [6.07, 6.45) is 0. The van der Waals surface area contributed by atoms with Crippen molar-refractivity contribution in [1.29, 1.82) is 0 Å². The van der Waals surface area contributed by atoms with E-state index in [1.54, 1.807) is 24.3 Å². The molecule has 0 aromatic heterocycles. The summed E-state index contributed by atoms with van der Waals surface area (Å²) in [6, 6.07) is 6.28. The number of sulfonamides is 1. The van der Waals surface area contributed by atoms with Gasteiger partial charge >= 0.3 is 5.97 Å². The molecule has 1 heterocycles. The quantitative estimate of drug-likeness (QED) is 0.746. The third-order valence-corrected chi connectivity index (χ3v) is 5.98. The summed E-state index contributed by atoms with van der Waals surface area (Å²) in [5, 5.41) is 0. The molecule has 23 heavy (non-hydrogen) atoms. The zero-order chi connectivity index (χ0) is 17.0. The van der Waals surface area contributed by atoms with Gasteiger partial charge in [0.15, 0.2) is 0 Å². The third kappa shape index (κ3) is 3.89. The number of hydrogen-bond acceptors (Lipinski definition) is 6. The molecule has 1 saturated heterocycles. The normalized spacial score (nSPS) is 18.6.